The standard InChI is InChI=1S/C30H39ClN6O3/c1-19(33-20(2)39-4)22-5-6-25(27(31)16-22)26-15-23-17-32-30(34-24-9-13-40-14-10-24)35-28(23)37(29(26)38)18-21-7-11-36(3)12-8-21/h5-6,15-17,19,21,24H,7-14,18H2,1-4H3,(H,32,34,35). The van der Waals surface area contributed by atoms with Crippen LogP contribution in [0.3, 0.4) is 0 Å². The predicted octanol–water partition coefficient (Wildman–Crippen LogP) is 5.17. The maximum atomic E-state index is 14.1. The number of nitrogens with one attached hydrogen (secondary N) is 1. The van der Waals surface area contributed by atoms with E-state index in [0.717, 1.165) is 62.9 Å². The van der Waals surface area contributed by atoms with E-state index >= 15 is 0 Å². The van der Waals surface area contributed by atoms with Gasteiger partial charge in [-0.25, -0.2) is 9.98 Å². The third-order valence-corrected chi connectivity index (χ3v) is 8.41. The predicted molar refractivity (Wildman–Crippen MR) is 160 cm³/mol. The van der Waals surface area contributed by atoms with Gasteiger partial charge in [-0.05, 0) is 76.4 Å². The zero-order chi connectivity index (χ0) is 28.2. The Morgan fingerprint density at radius 3 is 2.65 bits per heavy atom. The molecule has 1 atom stereocenters. The second kappa shape index (κ2) is 12.7. The number of piperidine rings is 1. The maximum absolute atomic E-state index is 14.1. The molecule has 1 unspecified atom stereocenters. The minimum absolute atomic E-state index is 0.0851. The Hall–Kier alpha value is -3.01. The van der Waals surface area contributed by atoms with Gasteiger partial charge in [0.1, 0.15) is 5.65 Å². The van der Waals surface area contributed by atoms with Crippen molar-refractivity contribution in [2.24, 2.45) is 10.9 Å². The fourth-order valence-corrected chi connectivity index (χ4v) is 5.82. The number of hydrogen-bond donors (Lipinski definition) is 1. The molecule has 9 nitrogen and oxygen atoms in total. The van der Waals surface area contributed by atoms with E-state index in [4.69, 9.17) is 26.1 Å². The van der Waals surface area contributed by atoms with Crippen LogP contribution in [0.5, 0.6) is 0 Å². The number of hydrogen-bond acceptors (Lipinski definition) is 8. The molecule has 0 radical (unpaired) electrons. The van der Waals surface area contributed by atoms with Gasteiger partial charge in [-0.3, -0.25) is 9.36 Å². The Balaban J connectivity index is 1.54. The Bertz CT molecular complexity index is 1430. The van der Waals surface area contributed by atoms with E-state index in [0.29, 0.717) is 46.1 Å². The quantitative estimate of drug-likeness (QED) is 0.311. The summed E-state index contributed by atoms with van der Waals surface area (Å²) in [6.45, 7) is 7.93. The highest BCUT2D eigenvalue weighted by molar-refractivity contribution is 6.33. The van der Waals surface area contributed by atoms with E-state index in [9.17, 15) is 4.79 Å². The van der Waals surface area contributed by atoms with Crippen molar-refractivity contribution in [2.45, 2.75) is 58.2 Å². The lowest BCUT2D eigenvalue weighted by Crippen LogP contribution is -2.34. The van der Waals surface area contributed by atoms with Crippen molar-refractivity contribution in [3.63, 3.8) is 0 Å². The molecule has 5 rings (SSSR count). The minimum Gasteiger partial charge on any atom is -0.484 e. The van der Waals surface area contributed by atoms with Crippen LogP contribution in [0.15, 0.2) is 40.2 Å². The van der Waals surface area contributed by atoms with Crippen molar-refractivity contribution in [3.8, 4) is 11.1 Å². The monoisotopic (exact) mass is 566 g/mol. The molecule has 2 aliphatic rings. The van der Waals surface area contributed by atoms with Crippen molar-refractivity contribution in [2.75, 3.05) is 45.8 Å². The molecular weight excluding hydrogens is 528 g/mol. The van der Waals surface area contributed by atoms with E-state index in [1.165, 1.54) is 0 Å². The lowest BCUT2D eigenvalue weighted by Gasteiger charge is -2.29. The van der Waals surface area contributed by atoms with E-state index < -0.39 is 0 Å². The van der Waals surface area contributed by atoms with E-state index in [1.807, 2.05) is 48.9 Å². The number of fused-ring (bicyclic) bond motifs is 1. The number of halogens is 1. The molecule has 2 fully saturated rings. The first kappa shape index (κ1) is 28.5. The molecule has 2 aromatic heterocycles. The molecule has 2 saturated heterocycles. The summed E-state index contributed by atoms with van der Waals surface area (Å²) in [6.07, 6.45) is 5.71. The molecule has 10 heteroatoms. The Morgan fingerprint density at radius 2 is 1.95 bits per heavy atom. The number of pyridine rings is 1. The number of benzene rings is 1. The summed E-state index contributed by atoms with van der Waals surface area (Å²) in [5.41, 5.74) is 2.76. The van der Waals surface area contributed by atoms with E-state index in [1.54, 1.807) is 7.11 Å². The third kappa shape index (κ3) is 6.48. The molecule has 2 aliphatic heterocycles. The number of anilines is 1. The molecule has 0 amide bonds. The highest BCUT2D eigenvalue weighted by atomic mass is 35.5. The summed E-state index contributed by atoms with van der Waals surface area (Å²) in [5.74, 6) is 1.55. The molecule has 1 aromatic carbocycles. The third-order valence-electron chi connectivity index (χ3n) is 8.10. The Kier molecular flexibility index (Phi) is 9.03. The molecule has 0 saturated carbocycles. The number of nitrogens with zero attached hydrogens (tertiary/aromatic N) is 5. The lowest BCUT2D eigenvalue weighted by atomic mass is 9.96. The number of rotatable bonds is 7. The Morgan fingerprint density at radius 1 is 1.20 bits per heavy atom. The van der Waals surface area contributed by atoms with Crippen LogP contribution in [0, 0.1) is 5.92 Å². The molecule has 0 aliphatic carbocycles. The molecule has 4 heterocycles. The second-order valence-corrected chi connectivity index (χ2v) is 11.4. The average Bonchev–Trinajstić information content (AvgIpc) is 2.96. The molecule has 3 aromatic rings. The Labute approximate surface area is 240 Å². The summed E-state index contributed by atoms with van der Waals surface area (Å²) in [5, 5.41) is 4.78. The lowest BCUT2D eigenvalue weighted by molar-refractivity contribution is 0.0903. The van der Waals surface area contributed by atoms with Gasteiger partial charge >= 0.3 is 0 Å². The fourth-order valence-electron chi connectivity index (χ4n) is 5.53. The first-order valence-electron chi connectivity index (χ1n) is 14.1. The number of likely N-dealkylation sites (tertiary alicyclic amines) is 1. The molecule has 0 bridgehead atoms. The van der Waals surface area contributed by atoms with Gasteiger partial charge in [0.15, 0.2) is 5.90 Å². The maximum Gasteiger partial charge on any atom is 0.260 e. The summed E-state index contributed by atoms with van der Waals surface area (Å²) >= 11 is 6.81. The van der Waals surface area contributed by atoms with Crippen LogP contribution in [0.25, 0.3) is 22.2 Å². The SMILES string of the molecule is COC(C)=NC(C)c1ccc(-c2cc3cnc(NC4CCOCC4)nc3n(CC3CCN(C)CC3)c2=O)c(Cl)c1. The van der Waals surface area contributed by atoms with Gasteiger partial charge in [0.2, 0.25) is 5.95 Å². The van der Waals surface area contributed by atoms with Crippen molar-refractivity contribution in [1.29, 1.82) is 0 Å². The van der Waals surface area contributed by atoms with Crippen LogP contribution >= 0.6 is 11.6 Å². The number of aromatic nitrogens is 3. The zero-order valence-electron chi connectivity index (χ0n) is 23.8. The van der Waals surface area contributed by atoms with Gasteiger partial charge in [0, 0.05) is 60.5 Å². The molecule has 1 N–H and O–H groups in total. The van der Waals surface area contributed by atoms with Crippen LogP contribution in [-0.4, -0.2) is 71.8 Å². The second-order valence-electron chi connectivity index (χ2n) is 11.0. The molecule has 0 spiro atoms. The van der Waals surface area contributed by atoms with E-state index in [-0.39, 0.29) is 17.6 Å². The zero-order valence-corrected chi connectivity index (χ0v) is 24.6. The summed E-state index contributed by atoms with van der Waals surface area (Å²) in [4.78, 5) is 30.5. The van der Waals surface area contributed by atoms with Crippen LogP contribution < -0.4 is 10.9 Å². The first-order valence-corrected chi connectivity index (χ1v) is 14.5. The average molecular weight is 567 g/mol. The summed E-state index contributed by atoms with van der Waals surface area (Å²) in [7, 11) is 3.75. The number of ether oxygens (including phenoxy) is 2. The number of aliphatic imine (C=N–C) groups is 1. The highest BCUT2D eigenvalue weighted by Crippen LogP contribution is 2.32. The van der Waals surface area contributed by atoms with Crippen LogP contribution in [-0.2, 0) is 16.0 Å². The smallest absolute Gasteiger partial charge is 0.260 e. The van der Waals surface area contributed by atoms with Crippen LogP contribution in [0.2, 0.25) is 5.02 Å². The van der Waals surface area contributed by atoms with Crippen molar-refractivity contribution in [3.05, 3.63) is 51.4 Å². The van der Waals surface area contributed by atoms with Gasteiger partial charge in [-0.15, -0.1) is 0 Å². The molecule has 40 heavy (non-hydrogen) atoms. The van der Waals surface area contributed by atoms with Gasteiger partial charge < -0.3 is 19.7 Å². The van der Waals surface area contributed by atoms with Crippen LogP contribution in [0.1, 0.15) is 51.1 Å². The minimum atomic E-state index is -0.126. The topological polar surface area (TPSA) is 93.9 Å². The van der Waals surface area contributed by atoms with Gasteiger partial charge in [0.05, 0.1) is 13.2 Å². The fraction of sp³-hybridized carbons (Fsp3) is 0.533. The van der Waals surface area contributed by atoms with Gasteiger partial charge in [0.25, 0.3) is 5.56 Å². The molecule has 214 valence electrons. The summed E-state index contributed by atoms with van der Waals surface area (Å²) < 4.78 is 12.5. The first-order chi connectivity index (χ1) is 19.3. The van der Waals surface area contributed by atoms with Crippen molar-refractivity contribution < 1.29 is 9.47 Å². The van der Waals surface area contributed by atoms with Gasteiger partial charge in [-0.2, -0.15) is 4.98 Å². The van der Waals surface area contributed by atoms with Gasteiger partial charge in [-0.1, -0.05) is 23.7 Å². The largest absolute Gasteiger partial charge is 0.484 e. The molecular formula is C30H39ClN6O3. The van der Waals surface area contributed by atoms with E-state index in [2.05, 4.69) is 27.2 Å². The van der Waals surface area contributed by atoms with Crippen LogP contribution in [0.4, 0.5) is 5.95 Å². The number of methoxy groups -OCH3 is 1. The summed E-state index contributed by atoms with van der Waals surface area (Å²) in [6, 6.07) is 7.78. The highest BCUT2D eigenvalue weighted by Gasteiger charge is 2.22. The van der Waals surface area contributed by atoms with Crippen molar-refractivity contribution in [1.82, 2.24) is 19.4 Å². The van der Waals surface area contributed by atoms with Crippen molar-refractivity contribution >= 4 is 34.5 Å². The normalized spacial score (nSPS) is 18.7.